The van der Waals surface area contributed by atoms with Crippen molar-refractivity contribution in [1.29, 1.82) is 0 Å². The highest BCUT2D eigenvalue weighted by atomic mass is 32.2. The zero-order chi connectivity index (χ0) is 14.6. The molecule has 1 aromatic carbocycles. The van der Waals surface area contributed by atoms with Crippen molar-refractivity contribution in [2.75, 3.05) is 11.9 Å². The van der Waals surface area contributed by atoms with Crippen LogP contribution in [0, 0.1) is 5.92 Å². The number of nitrogens with one attached hydrogen (secondary N) is 1. The largest absolute Gasteiger partial charge is 0.384 e. The summed E-state index contributed by atoms with van der Waals surface area (Å²) in [6.07, 6.45) is 5.83. The number of hydrogen-bond donors (Lipinski definition) is 1. The molecular formula is C14H19F2NO2S. The molecule has 1 N–H and O–H groups in total. The highest BCUT2D eigenvalue weighted by molar-refractivity contribution is 7.91. The van der Waals surface area contributed by atoms with E-state index in [1.165, 1.54) is 37.5 Å². The van der Waals surface area contributed by atoms with Gasteiger partial charge >= 0.3 is 5.76 Å². The smallest absolute Gasteiger partial charge is 0.341 e. The molecule has 0 heterocycles. The van der Waals surface area contributed by atoms with Crippen LogP contribution in [0.1, 0.15) is 32.1 Å². The van der Waals surface area contributed by atoms with E-state index in [2.05, 4.69) is 5.32 Å². The summed E-state index contributed by atoms with van der Waals surface area (Å²) in [6.45, 7) is 0.635. The van der Waals surface area contributed by atoms with Crippen LogP contribution in [0.25, 0.3) is 0 Å². The Morgan fingerprint density at radius 2 is 1.80 bits per heavy atom. The Hall–Kier alpha value is -1.17. The van der Waals surface area contributed by atoms with Crippen molar-refractivity contribution >= 4 is 15.5 Å². The van der Waals surface area contributed by atoms with Crippen molar-refractivity contribution in [3.63, 3.8) is 0 Å². The molecule has 6 heteroatoms. The lowest BCUT2D eigenvalue weighted by molar-refractivity contribution is 0.235. The molecule has 0 unspecified atom stereocenters. The average Bonchev–Trinajstić information content (AvgIpc) is 2.46. The first-order chi connectivity index (χ1) is 9.51. The summed E-state index contributed by atoms with van der Waals surface area (Å²) < 4.78 is 48.5. The van der Waals surface area contributed by atoms with Gasteiger partial charge in [0.15, 0.2) is 0 Å². The molecule has 20 heavy (non-hydrogen) atoms. The fourth-order valence-electron chi connectivity index (χ4n) is 2.60. The Bertz CT molecular complexity index is 540. The third-order valence-electron chi connectivity index (χ3n) is 3.73. The SMILES string of the molecule is O=S(=O)(c1ccccc1NCC1CCCCC1)C(F)F. The van der Waals surface area contributed by atoms with E-state index in [-0.39, 0.29) is 10.6 Å². The molecule has 112 valence electrons. The van der Waals surface area contributed by atoms with Crippen LogP contribution >= 0.6 is 0 Å². The Morgan fingerprint density at radius 1 is 1.15 bits per heavy atom. The van der Waals surface area contributed by atoms with Crippen LogP contribution in [0.4, 0.5) is 14.5 Å². The predicted octanol–water partition coefficient (Wildman–Crippen LogP) is 3.68. The highest BCUT2D eigenvalue weighted by Crippen LogP contribution is 2.28. The van der Waals surface area contributed by atoms with Crippen molar-refractivity contribution in [2.45, 2.75) is 42.8 Å². The molecule has 0 amide bonds. The maximum absolute atomic E-state index is 12.7. The molecule has 0 aliphatic heterocycles. The van der Waals surface area contributed by atoms with Crippen LogP contribution < -0.4 is 5.32 Å². The van der Waals surface area contributed by atoms with Gasteiger partial charge in [-0.2, -0.15) is 8.78 Å². The minimum Gasteiger partial charge on any atom is -0.384 e. The van der Waals surface area contributed by atoms with Gasteiger partial charge in [-0.05, 0) is 30.9 Å². The van der Waals surface area contributed by atoms with E-state index in [4.69, 9.17) is 0 Å². The van der Waals surface area contributed by atoms with E-state index in [1.807, 2.05) is 0 Å². The number of sulfone groups is 1. The first kappa shape index (κ1) is 15.2. The van der Waals surface area contributed by atoms with Crippen LogP contribution in [-0.2, 0) is 9.84 Å². The maximum atomic E-state index is 12.7. The molecular weight excluding hydrogens is 284 g/mol. The summed E-state index contributed by atoms with van der Waals surface area (Å²) in [5.74, 6) is -2.90. The lowest BCUT2D eigenvalue weighted by Crippen LogP contribution is -2.19. The van der Waals surface area contributed by atoms with Gasteiger partial charge in [0.1, 0.15) is 0 Å². The number of benzene rings is 1. The minimum atomic E-state index is -4.56. The molecule has 1 aromatic rings. The van der Waals surface area contributed by atoms with Crippen molar-refractivity contribution in [1.82, 2.24) is 0 Å². The van der Waals surface area contributed by atoms with Gasteiger partial charge in [-0.1, -0.05) is 31.4 Å². The first-order valence-corrected chi connectivity index (χ1v) is 8.41. The van der Waals surface area contributed by atoms with Crippen LogP contribution in [0.5, 0.6) is 0 Å². The molecule has 0 spiro atoms. The van der Waals surface area contributed by atoms with Crippen molar-refractivity contribution in [3.05, 3.63) is 24.3 Å². The number of alkyl halides is 2. The fourth-order valence-corrected chi connectivity index (χ4v) is 3.51. The van der Waals surface area contributed by atoms with Gasteiger partial charge in [0.25, 0.3) is 0 Å². The number of hydrogen-bond acceptors (Lipinski definition) is 3. The maximum Gasteiger partial charge on any atom is 0.341 e. The van der Waals surface area contributed by atoms with E-state index in [9.17, 15) is 17.2 Å². The molecule has 3 nitrogen and oxygen atoms in total. The van der Waals surface area contributed by atoms with Gasteiger partial charge in [0.2, 0.25) is 9.84 Å². The summed E-state index contributed by atoms with van der Waals surface area (Å²) in [5, 5.41) is 3.03. The normalized spacial score (nSPS) is 17.4. The van der Waals surface area contributed by atoms with Gasteiger partial charge in [-0.15, -0.1) is 0 Å². The fraction of sp³-hybridized carbons (Fsp3) is 0.571. The predicted molar refractivity (Wildman–Crippen MR) is 74.7 cm³/mol. The monoisotopic (exact) mass is 303 g/mol. The zero-order valence-electron chi connectivity index (χ0n) is 11.2. The molecule has 1 saturated carbocycles. The minimum absolute atomic E-state index is 0.276. The summed E-state index contributed by atoms with van der Waals surface area (Å²) in [4.78, 5) is -0.314. The second kappa shape index (κ2) is 6.52. The standard InChI is InChI=1S/C14H19F2NO2S/c15-14(16)20(18,19)13-9-5-4-8-12(13)17-10-11-6-2-1-3-7-11/h4-5,8-9,11,14,17H,1-3,6-7,10H2. The van der Waals surface area contributed by atoms with Gasteiger partial charge in [0.05, 0.1) is 10.6 Å². The van der Waals surface area contributed by atoms with Crippen LogP contribution in [0.2, 0.25) is 0 Å². The topological polar surface area (TPSA) is 46.2 Å². The number of halogens is 2. The third-order valence-corrected chi connectivity index (χ3v) is 5.17. The lowest BCUT2D eigenvalue weighted by Gasteiger charge is -2.23. The van der Waals surface area contributed by atoms with Gasteiger partial charge in [0, 0.05) is 6.54 Å². The van der Waals surface area contributed by atoms with E-state index in [0.717, 1.165) is 12.8 Å². The second-order valence-corrected chi connectivity index (χ2v) is 7.07. The van der Waals surface area contributed by atoms with Gasteiger partial charge in [-0.25, -0.2) is 8.42 Å². The quantitative estimate of drug-likeness (QED) is 0.902. The Kier molecular flexibility index (Phi) is 4.96. The number of rotatable bonds is 5. The number of para-hydroxylation sites is 1. The first-order valence-electron chi connectivity index (χ1n) is 6.87. The highest BCUT2D eigenvalue weighted by Gasteiger charge is 2.29. The van der Waals surface area contributed by atoms with Crippen LogP contribution in [-0.4, -0.2) is 20.7 Å². The van der Waals surface area contributed by atoms with Crippen molar-refractivity contribution in [3.8, 4) is 0 Å². The second-order valence-electron chi connectivity index (χ2n) is 5.19. The molecule has 0 aromatic heterocycles. The van der Waals surface area contributed by atoms with Crippen LogP contribution in [0.15, 0.2) is 29.2 Å². The third kappa shape index (κ3) is 3.48. The molecule has 0 saturated heterocycles. The van der Waals surface area contributed by atoms with Crippen molar-refractivity contribution in [2.24, 2.45) is 5.92 Å². The Balaban J connectivity index is 2.12. The molecule has 1 fully saturated rings. The number of anilines is 1. The Labute approximate surface area is 118 Å². The molecule has 0 radical (unpaired) electrons. The van der Waals surface area contributed by atoms with E-state index in [1.54, 1.807) is 6.07 Å². The summed E-state index contributed by atoms with van der Waals surface area (Å²) >= 11 is 0. The zero-order valence-corrected chi connectivity index (χ0v) is 12.0. The van der Waals surface area contributed by atoms with Crippen molar-refractivity contribution < 1.29 is 17.2 Å². The van der Waals surface area contributed by atoms with E-state index < -0.39 is 15.6 Å². The van der Waals surface area contributed by atoms with Gasteiger partial charge in [-0.3, -0.25) is 0 Å². The van der Waals surface area contributed by atoms with Gasteiger partial charge < -0.3 is 5.32 Å². The average molecular weight is 303 g/mol. The summed E-state index contributed by atoms with van der Waals surface area (Å²) in [7, 11) is -4.56. The molecule has 0 bridgehead atoms. The molecule has 1 aliphatic rings. The molecule has 0 atom stereocenters. The molecule has 2 rings (SSSR count). The Morgan fingerprint density at radius 3 is 2.45 bits per heavy atom. The summed E-state index contributed by atoms with van der Waals surface area (Å²) in [5.41, 5.74) is 0.276. The van der Waals surface area contributed by atoms with E-state index in [0.29, 0.717) is 12.5 Å². The summed E-state index contributed by atoms with van der Waals surface area (Å²) in [6, 6.07) is 5.87. The molecule has 1 aliphatic carbocycles. The van der Waals surface area contributed by atoms with Crippen LogP contribution in [0.3, 0.4) is 0 Å². The lowest BCUT2D eigenvalue weighted by atomic mass is 9.89. The van der Waals surface area contributed by atoms with E-state index >= 15 is 0 Å².